The van der Waals surface area contributed by atoms with E-state index in [1.54, 1.807) is 6.07 Å². The summed E-state index contributed by atoms with van der Waals surface area (Å²) < 4.78 is 52.7. The van der Waals surface area contributed by atoms with Gasteiger partial charge in [-0.1, -0.05) is 5.21 Å². The van der Waals surface area contributed by atoms with Gasteiger partial charge in [-0.25, -0.2) is 13.9 Å². The maximum Gasteiger partial charge on any atom is 0.325 e. The number of aromatic nitrogens is 8. The van der Waals surface area contributed by atoms with Gasteiger partial charge >= 0.3 is 13.4 Å². The summed E-state index contributed by atoms with van der Waals surface area (Å²) in [5, 5.41) is 11.9. The number of anilines is 2. The zero-order valence-corrected chi connectivity index (χ0v) is 25.4. The summed E-state index contributed by atoms with van der Waals surface area (Å²) in [6.07, 6.45) is -5.97. The van der Waals surface area contributed by atoms with E-state index in [4.69, 9.17) is 62.6 Å². The lowest BCUT2D eigenvalue weighted by Gasteiger charge is -2.27. The molecular formula is C20H23FN10O9P2S2. The Hall–Kier alpha value is -2.59. The summed E-state index contributed by atoms with van der Waals surface area (Å²) >= 11 is 10.5. The molecule has 3 aliphatic heterocycles. The molecule has 7 heterocycles. The van der Waals surface area contributed by atoms with Crippen LogP contribution in [0.15, 0.2) is 23.3 Å². The van der Waals surface area contributed by atoms with E-state index in [9.17, 15) is 14.6 Å². The molecule has 9 atom stereocenters. The van der Waals surface area contributed by atoms with Gasteiger partial charge in [-0.3, -0.25) is 14.3 Å². The second-order valence-electron chi connectivity index (χ2n) is 10.0. The van der Waals surface area contributed by atoms with Crippen molar-refractivity contribution in [2.75, 3.05) is 24.7 Å². The number of aromatic amines is 1. The standard InChI is InChI=1S/C20H23FN10O9P2S2/c21-13-12-6-36-41(33,43)39-10-3-9(8-4-24-16-7(22)1-2-25-30(8)16)37-11(10)5-35-42(34,44)40-15(13)19(38-12)31-17-14(28-29-31)18(32)27-20(23)26-17/h1-2,4,9-13,15,19H,3,5-6,22H2,(H,33,43)(H,34,44)(H3,23,26,27,32)/t9-,10?,11-,12-,13+,15-,19-,41?,42?/m1/s1. The molecule has 19 nitrogen and oxygen atoms in total. The molecular weight excluding hydrogens is 669 g/mol. The number of alkyl halides is 1. The van der Waals surface area contributed by atoms with Gasteiger partial charge in [-0.15, -0.1) is 5.10 Å². The lowest BCUT2D eigenvalue weighted by Crippen LogP contribution is -2.32. The van der Waals surface area contributed by atoms with E-state index in [2.05, 4.69) is 30.4 Å². The second kappa shape index (κ2) is 11.0. The van der Waals surface area contributed by atoms with Crippen LogP contribution in [0.4, 0.5) is 16.0 Å². The van der Waals surface area contributed by atoms with Gasteiger partial charge < -0.3 is 44.3 Å². The highest BCUT2D eigenvalue weighted by atomic mass is 32.5. The Balaban J connectivity index is 1.19. The van der Waals surface area contributed by atoms with Gasteiger partial charge in [0.1, 0.15) is 24.4 Å². The quantitative estimate of drug-likeness (QED) is 0.170. The van der Waals surface area contributed by atoms with Crippen molar-refractivity contribution in [3.05, 3.63) is 34.5 Å². The first kappa shape index (κ1) is 30.1. The van der Waals surface area contributed by atoms with E-state index >= 15 is 4.39 Å². The van der Waals surface area contributed by atoms with Crippen molar-refractivity contribution >= 4 is 65.5 Å². The highest BCUT2D eigenvalue weighted by Gasteiger charge is 2.52. The number of nitrogens with zero attached hydrogens (tertiary/aromatic N) is 7. The van der Waals surface area contributed by atoms with Crippen molar-refractivity contribution < 1.29 is 41.7 Å². The lowest BCUT2D eigenvalue weighted by atomic mass is 10.1. The van der Waals surface area contributed by atoms with E-state index in [0.717, 1.165) is 4.68 Å². The average molecular weight is 693 g/mol. The molecule has 44 heavy (non-hydrogen) atoms. The Morgan fingerprint density at radius 1 is 1.07 bits per heavy atom. The van der Waals surface area contributed by atoms with Crippen molar-refractivity contribution in [3.63, 3.8) is 0 Å². The maximum atomic E-state index is 15.8. The van der Waals surface area contributed by atoms with E-state index in [1.165, 1.54) is 16.9 Å². The molecule has 7 rings (SSSR count). The molecule has 4 aromatic rings. The van der Waals surface area contributed by atoms with Gasteiger partial charge in [0.2, 0.25) is 5.95 Å². The van der Waals surface area contributed by atoms with Crippen molar-refractivity contribution in [2.24, 2.45) is 0 Å². The van der Waals surface area contributed by atoms with Crippen LogP contribution in [0.5, 0.6) is 0 Å². The first-order valence-corrected chi connectivity index (χ1v) is 18.0. The van der Waals surface area contributed by atoms with Crippen LogP contribution in [0, 0.1) is 0 Å². The van der Waals surface area contributed by atoms with Crippen molar-refractivity contribution in [1.29, 1.82) is 0 Å². The Morgan fingerprint density at radius 3 is 2.61 bits per heavy atom. The first-order valence-electron chi connectivity index (χ1n) is 12.8. The lowest BCUT2D eigenvalue weighted by molar-refractivity contribution is -0.0607. The van der Waals surface area contributed by atoms with E-state index in [-0.39, 0.29) is 23.5 Å². The zero-order chi connectivity index (χ0) is 31.0. The summed E-state index contributed by atoms with van der Waals surface area (Å²) in [5.41, 5.74) is 11.9. The molecule has 3 saturated heterocycles. The average Bonchev–Trinajstić information content (AvgIpc) is 3.72. The van der Waals surface area contributed by atoms with Crippen LogP contribution >= 0.6 is 13.4 Å². The fourth-order valence-electron chi connectivity index (χ4n) is 5.20. The third-order valence-corrected chi connectivity index (χ3v) is 10.3. The molecule has 3 aliphatic rings. The number of fused-ring (bicyclic) bond motifs is 5. The fourth-order valence-corrected chi connectivity index (χ4v) is 8.08. The number of hydrogen-bond acceptors (Lipinski definition) is 16. The second-order valence-corrected chi connectivity index (χ2v) is 15.6. The molecule has 0 spiro atoms. The van der Waals surface area contributed by atoms with E-state index in [1.807, 2.05) is 0 Å². The Kier molecular flexibility index (Phi) is 7.55. The molecule has 4 aromatic heterocycles. The number of halogens is 1. The minimum Gasteiger partial charge on any atom is -0.396 e. The number of nitrogens with one attached hydrogen (secondary N) is 1. The normalized spacial score (nSPS) is 36.6. The van der Waals surface area contributed by atoms with Crippen molar-refractivity contribution in [3.8, 4) is 0 Å². The molecule has 236 valence electrons. The number of hydrogen-bond donors (Lipinski definition) is 5. The number of nitrogens with two attached hydrogens (primary N) is 2. The number of H-pyrrole nitrogens is 1. The number of imidazole rings is 1. The highest BCUT2D eigenvalue weighted by Crippen LogP contribution is 2.54. The molecule has 0 aliphatic carbocycles. The number of rotatable bonds is 2. The largest absolute Gasteiger partial charge is 0.396 e. The fraction of sp³-hybridized carbons (Fsp3) is 0.500. The van der Waals surface area contributed by atoms with E-state index < -0.39 is 75.1 Å². The summed E-state index contributed by atoms with van der Waals surface area (Å²) in [5.74, 6) is -0.262. The van der Waals surface area contributed by atoms with E-state index in [0.29, 0.717) is 17.0 Å². The van der Waals surface area contributed by atoms with Crippen LogP contribution in [-0.4, -0.2) is 93.1 Å². The van der Waals surface area contributed by atoms with Crippen LogP contribution in [0.1, 0.15) is 24.4 Å². The summed E-state index contributed by atoms with van der Waals surface area (Å²) in [6.45, 7) is -9.27. The molecule has 24 heteroatoms. The van der Waals surface area contributed by atoms with Gasteiger partial charge in [0.25, 0.3) is 5.56 Å². The van der Waals surface area contributed by atoms with Crippen LogP contribution in [0.2, 0.25) is 0 Å². The predicted octanol–water partition coefficient (Wildman–Crippen LogP) is -0.262. The summed E-state index contributed by atoms with van der Waals surface area (Å²) in [4.78, 5) is 44.8. The molecule has 0 amide bonds. The highest BCUT2D eigenvalue weighted by molar-refractivity contribution is 8.07. The SMILES string of the molecule is Nc1nc2c(nnn2[C@@H]2O[C@@H]3COP(O)(=S)OC4C[C@H](c5cnc6c(N)ccnn56)O[C@@H]4COP(O)(=S)O[C@@H]2[C@H]3F)c(=O)[nH]1. The monoisotopic (exact) mass is 692 g/mol. The molecule has 7 N–H and O–H groups in total. The number of ether oxygens (including phenoxy) is 2. The number of nitrogen functional groups attached to an aromatic ring is 2. The summed E-state index contributed by atoms with van der Waals surface area (Å²) in [6, 6.07) is 1.60. The predicted molar refractivity (Wildman–Crippen MR) is 153 cm³/mol. The van der Waals surface area contributed by atoms with Gasteiger partial charge in [-0.05, 0) is 29.7 Å². The molecule has 3 unspecified atom stereocenters. The molecule has 2 bridgehead atoms. The third-order valence-electron chi connectivity index (χ3n) is 7.17. The minimum atomic E-state index is -4.22. The molecule has 0 aromatic carbocycles. The van der Waals surface area contributed by atoms with Crippen molar-refractivity contribution in [2.45, 2.75) is 49.3 Å². The smallest absolute Gasteiger partial charge is 0.325 e. The van der Waals surface area contributed by atoms with Crippen LogP contribution in [0.3, 0.4) is 0 Å². The van der Waals surface area contributed by atoms with Gasteiger partial charge in [0.05, 0.1) is 43.1 Å². The third kappa shape index (κ3) is 5.44. The van der Waals surface area contributed by atoms with Crippen LogP contribution < -0.4 is 17.0 Å². The first-order chi connectivity index (χ1) is 20.9. The minimum absolute atomic E-state index is 0.140. The zero-order valence-electron chi connectivity index (χ0n) is 22.0. The molecule has 0 radical (unpaired) electrons. The Labute approximate surface area is 255 Å². The van der Waals surface area contributed by atoms with Crippen LogP contribution in [0.25, 0.3) is 16.8 Å². The maximum absolute atomic E-state index is 15.8. The molecule has 0 saturated carbocycles. The Bertz CT molecular complexity index is 1910. The van der Waals surface area contributed by atoms with Gasteiger partial charge in [-0.2, -0.15) is 14.8 Å². The van der Waals surface area contributed by atoms with Gasteiger partial charge in [0.15, 0.2) is 29.2 Å². The van der Waals surface area contributed by atoms with Crippen LogP contribution in [-0.2, 0) is 51.2 Å². The van der Waals surface area contributed by atoms with Gasteiger partial charge in [0, 0.05) is 6.42 Å². The topological polar surface area (TPSA) is 255 Å². The summed E-state index contributed by atoms with van der Waals surface area (Å²) in [7, 11) is 0. The Morgan fingerprint density at radius 2 is 1.82 bits per heavy atom. The van der Waals surface area contributed by atoms with Crippen molar-refractivity contribution in [1.82, 2.24) is 39.6 Å². The molecule has 3 fully saturated rings.